The van der Waals surface area contributed by atoms with Crippen LogP contribution in [0.25, 0.3) is 0 Å². The maximum Gasteiger partial charge on any atom is 0.129 e. The van der Waals surface area contributed by atoms with Gasteiger partial charge in [0.05, 0.1) is 12.0 Å². The van der Waals surface area contributed by atoms with Gasteiger partial charge in [0.1, 0.15) is 24.3 Å². The molecule has 0 aliphatic heterocycles. The second-order valence-electron chi connectivity index (χ2n) is 4.62. The summed E-state index contributed by atoms with van der Waals surface area (Å²) in [5, 5.41) is 19.3. The number of benzene rings is 2. The van der Waals surface area contributed by atoms with Crippen molar-refractivity contribution >= 4 is 11.6 Å². The molecule has 0 aliphatic carbocycles. The number of alkyl halides is 1. The van der Waals surface area contributed by atoms with Gasteiger partial charge in [-0.2, -0.15) is 0 Å². The fraction of sp³-hybridized carbons (Fsp3) is 0.250. The van der Waals surface area contributed by atoms with Crippen LogP contribution in [0.15, 0.2) is 48.5 Å². The molecule has 3 nitrogen and oxygen atoms in total. The lowest BCUT2D eigenvalue weighted by Gasteiger charge is -2.16. The van der Waals surface area contributed by atoms with Crippen molar-refractivity contribution < 1.29 is 19.3 Å². The minimum atomic E-state index is -1.04. The Kier molecular flexibility index (Phi) is 5.56. The van der Waals surface area contributed by atoms with E-state index in [0.29, 0.717) is 16.9 Å². The highest BCUT2D eigenvalue weighted by Crippen LogP contribution is 2.22. The van der Waals surface area contributed by atoms with Gasteiger partial charge < -0.3 is 14.9 Å². The molecule has 0 radical (unpaired) electrons. The standard InChI is InChI=1S/C16H16ClFO3/c17-9-15(19)16(20)11-5-7-13(8-6-11)21-10-12-3-1-2-4-14(12)18/h1-8,15-16,19-20H,9-10H2. The van der Waals surface area contributed by atoms with E-state index in [0.717, 1.165) is 0 Å². The number of aliphatic hydroxyl groups is 2. The van der Waals surface area contributed by atoms with E-state index in [4.69, 9.17) is 16.3 Å². The first-order valence-electron chi connectivity index (χ1n) is 6.50. The molecule has 0 bridgehead atoms. The predicted molar refractivity (Wildman–Crippen MR) is 78.9 cm³/mol. The van der Waals surface area contributed by atoms with Gasteiger partial charge in [-0.25, -0.2) is 4.39 Å². The topological polar surface area (TPSA) is 49.7 Å². The quantitative estimate of drug-likeness (QED) is 0.806. The molecule has 0 saturated carbocycles. The summed E-state index contributed by atoms with van der Waals surface area (Å²) in [6.45, 7) is 0.124. The molecular formula is C16H16ClFO3. The first-order valence-corrected chi connectivity index (χ1v) is 7.03. The predicted octanol–water partition coefficient (Wildman–Crippen LogP) is 3.04. The summed E-state index contributed by atoms with van der Waals surface area (Å²) < 4.78 is 18.9. The molecule has 0 fully saturated rings. The third-order valence-electron chi connectivity index (χ3n) is 3.10. The molecule has 2 aromatic carbocycles. The highest BCUT2D eigenvalue weighted by molar-refractivity contribution is 6.18. The monoisotopic (exact) mass is 310 g/mol. The fourth-order valence-electron chi connectivity index (χ4n) is 1.84. The smallest absolute Gasteiger partial charge is 0.129 e. The van der Waals surface area contributed by atoms with Crippen molar-refractivity contribution in [3.8, 4) is 5.75 Å². The third kappa shape index (κ3) is 4.17. The second-order valence-corrected chi connectivity index (χ2v) is 4.92. The van der Waals surface area contributed by atoms with Crippen molar-refractivity contribution in [2.75, 3.05) is 5.88 Å². The van der Waals surface area contributed by atoms with E-state index in [1.807, 2.05) is 0 Å². The Morgan fingerprint density at radius 1 is 1.05 bits per heavy atom. The van der Waals surface area contributed by atoms with Gasteiger partial charge in [-0.15, -0.1) is 11.6 Å². The van der Waals surface area contributed by atoms with E-state index in [1.165, 1.54) is 6.07 Å². The van der Waals surface area contributed by atoms with Crippen LogP contribution in [-0.2, 0) is 6.61 Å². The highest BCUT2D eigenvalue weighted by atomic mass is 35.5. The SMILES string of the molecule is OC(CCl)C(O)c1ccc(OCc2ccccc2F)cc1. The van der Waals surface area contributed by atoms with Crippen LogP contribution in [-0.4, -0.2) is 22.2 Å². The first-order chi connectivity index (χ1) is 10.1. The van der Waals surface area contributed by atoms with Crippen molar-refractivity contribution in [2.24, 2.45) is 0 Å². The lowest BCUT2D eigenvalue weighted by Crippen LogP contribution is -2.19. The van der Waals surface area contributed by atoms with E-state index >= 15 is 0 Å². The molecule has 0 heterocycles. The van der Waals surface area contributed by atoms with E-state index in [-0.39, 0.29) is 18.3 Å². The zero-order valence-electron chi connectivity index (χ0n) is 11.2. The summed E-state index contributed by atoms with van der Waals surface area (Å²) in [6.07, 6.45) is -2.06. The Bertz CT molecular complexity index is 574. The van der Waals surface area contributed by atoms with Gasteiger partial charge in [0, 0.05) is 5.56 Å². The Balaban J connectivity index is 1.98. The summed E-state index contributed by atoms with van der Waals surface area (Å²) in [5.74, 6) is 0.191. The minimum absolute atomic E-state index is 0.0489. The molecule has 2 N–H and O–H groups in total. The molecular weight excluding hydrogens is 295 g/mol. The average Bonchev–Trinajstić information content (AvgIpc) is 2.53. The van der Waals surface area contributed by atoms with E-state index in [9.17, 15) is 14.6 Å². The summed E-state index contributed by atoms with van der Waals surface area (Å²) in [7, 11) is 0. The van der Waals surface area contributed by atoms with Crippen LogP contribution in [0.2, 0.25) is 0 Å². The first kappa shape index (κ1) is 15.8. The van der Waals surface area contributed by atoms with Crippen molar-refractivity contribution in [1.29, 1.82) is 0 Å². The van der Waals surface area contributed by atoms with Crippen LogP contribution in [0.3, 0.4) is 0 Å². The van der Waals surface area contributed by atoms with E-state index in [1.54, 1.807) is 42.5 Å². The van der Waals surface area contributed by atoms with Gasteiger partial charge in [-0.1, -0.05) is 30.3 Å². The molecule has 2 unspecified atom stereocenters. The van der Waals surface area contributed by atoms with Crippen molar-refractivity contribution in [3.05, 3.63) is 65.5 Å². The minimum Gasteiger partial charge on any atom is -0.489 e. The Morgan fingerprint density at radius 3 is 2.33 bits per heavy atom. The maximum absolute atomic E-state index is 13.4. The third-order valence-corrected chi connectivity index (χ3v) is 3.41. The lowest BCUT2D eigenvalue weighted by atomic mass is 10.1. The maximum atomic E-state index is 13.4. The van der Waals surface area contributed by atoms with Crippen molar-refractivity contribution in [3.63, 3.8) is 0 Å². The zero-order chi connectivity index (χ0) is 15.2. The molecule has 0 amide bonds. The number of ether oxygens (including phenoxy) is 1. The van der Waals surface area contributed by atoms with Gasteiger partial charge in [-0.3, -0.25) is 0 Å². The largest absolute Gasteiger partial charge is 0.489 e. The number of hydrogen-bond acceptors (Lipinski definition) is 3. The number of hydrogen-bond donors (Lipinski definition) is 2. The normalized spacial score (nSPS) is 13.7. The van der Waals surface area contributed by atoms with Crippen LogP contribution in [0, 0.1) is 5.82 Å². The zero-order valence-corrected chi connectivity index (χ0v) is 12.0. The van der Waals surface area contributed by atoms with Crippen LogP contribution < -0.4 is 4.74 Å². The summed E-state index contributed by atoms with van der Waals surface area (Å²) in [5.41, 5.74) is 1.01. The summed E-state index contributed by atoms with van der Waals surface area (Å²) in [6, 6.07) is 13.0. The summed E-state index contributed by atoms with van der Waals surface area (Å²) in [4.78, 5) is 0. The van der Waals surface area contributed by atoms with Crippen LogP contribution in [0.1, 0.15) is 17.2 Å². The van der Waals surface area contributed by atoms with Gasteiger partial charge in [-0.05, 0) is 23.8 Å². The van der Waals surface area contributed by atoms with Crippen LogP contribution in [0.5, 0.6) is 5.75 Å². The second kappa shape index (κ2) is 7.41. The average molecular weight is 311 g/mol. The van der Waals surface area contributed by atoms with Gasteiger partial charge >= 0.3 is 0 Å². The van der Waals surface area contributed by atoms with Crippen molar-refractivity contribution in [1.82, 2.24) is 0 Å². The molecule has 2 rings (SSSR count). The molecule has 112 valence electrons. The Morgan fingerprint density at radius 2 is 1.71 bits per heavy atom. The van der Waals surface area contributed by atoms with Gasteiger partial charge in [0.25, 0.3) is 0 Å². The lowest BCUT2D eigenvalue weighted by molar-refractivity contribution is 0.0327. The van der Waals surface area contributed by atoms with Gasteiger partial charge in [0.2, 0.25) is 0 Å². The molecule has 2 atom stereocenters. The van der Waals surface area contributed by atoms with Gasteiger partial charge in [0.15, 0.2) is 0 Å². The molecule has 0 aromatic heterocycles. The Hall–Kier alpha value is -1.62. The fourth-order valence-corrected chi connectivity index (χ4v) is 2.01. The number of rotatable bonds is 6. The molecule has 2 aromatic rings. The summed E-state index contributed by atoms with van der Waals surface area (Å²) >= 11 is 5.49. The molecule has 0 spiro atoms. The van der Waals surface area contributed by atoms with E-state index in [2.05, 4.69) is 0 Å². The van der Waals surface area contributed by atoms with Crippen LogP contribution >= 0.6 is 11.6 Å². The molecule has 0 aliphatic rings. The highest BCUT2D eigenvalue weighted by Gasteiger charge is 2.17. The van der Waals surface area contributed by atoms with Crippen LogP contribution in [0.4, 0.5) is 4.39 Å². The number of aliphatic hydroxyl groups excluding tert-OH is 2. The van der Waals surface area contributed by atoms with Crippen molar-refractivity contribution in [2.45, 2.75) is 18.8 Å². The molecule has 0 saturated heterocycles. The van der Waals surface area contributed by atoms with E-state index < -0.39 is 12.2 Å². The Labute approximate surface area is 127 Å². The number of halogens is 2. The molecule has 21 heavy (non-hydrogen) atoms. The molecule has 5 heteroatoms.